The number of carbonyl (C=O) groups excluding carboxylic acids is 1. The molecule has 0 aromatic rings. The number of piperazine rings is 1. The van der Waals surface area contributed by atoms with E-state index in [1.54, 1.807) is 5.48 Å². The zero-order chi connectivity index (χ0) is 8.27. The number of carbonyl (C=O) groups is 1. The van der Waals surface area contributed by atoms with Crippen LogP contribution in [0.25, 0.3) is 0 Å². The molecule has 3 N–H and O–H groups in total. The molecule has 64 valence electrons. The Morgan fingerprint density at radius 1 is 1.82 bits per heavy atom. The van der Waals surface area contributed by atoms with E-state index in [1.807, 2.05) is 11.9 Å². The van der Waals surface area contributed by atoms with Gasteiger partial charge in [-0.1, -0.05) is 0 Å². The summed E-state index contributed by atoms with van der Waals surface area (Å²) < 4.78 is 0. The van der Waals surface area contributed by atoms with Crippen molar-refractivity contribution >= 4 is 5.91 Å². The number of hydroxylamine groups is 1. The Balaban J connectivity index is 2.47. The van der Waals surface area contributed by atoms with Gasteiger partial charge in [0.1, 0.15) is 6.04 Å². The molecule has 0 radical (unpaired) electrons. The maximum atomic E-state index is 10.9. The third-order valence-corrected chi connectivity index (χ3v) is 1.92. The number of rotatable bonds is 1. The first-order valence-corrected chi connectivity index (χ1v) is 3.60. The molecule has 1 amide bonds. The number of nitrogens with one attached hydrogen (secondary N) is 2. The molecule has 0 bridgehead atoms. The third-order valence-electron chi connectivity index (χ3n) is 1.92. The van der Waals surface area contributed by atoms with Gasteiger partial charge in [0.15, 0.2) is 0 Å². The highest BCUT2D eigenvalue weighted by Crippen LogP contribution is 1.98. The molecule has 1 heterocycles. The maximum absolute atomic E-state index is 10.9. The lowest BCUT2D eigenvalue weighted by atomic mass is 10.2. The fraction of sp³-hybridized carbons (Fsp3) is 0.833. The van der Waals surface area contributed by atoms with Crippen molar-refractivity contribution in [2.45, 2.75) is 6.04 Å². The van der Waals surface area contributed by atoms with Crippen LogP contribution in [0.15, 0.2) is 0 Å². The van der Waals surface area contributed by atoms with Crippen LogP contribution in [-0.4, -0.2) is 48.7 Å². The Hall–Kier alpha value is -0.650. The van der Waals surface area contributed by atoms with Gasteiger partial charge >= 0.3 is 0 Å². The van der Waals surface area contributed by atoms with Crippen LogP contribution in [0.4, 0.5) is 0 Å². The topological polar surface area (TPSA) is 64.6 Å². The van der Waals surface area contributed by atoms with Crippen molar-refractivity contribution in [2.75, 3.05) is 26.7 Å². The second kappa shape index (κ2) is 3.66. The van der Waals surface area contributed by atoms with Crippen molar-refractivity contribution in [3.63, 3.8) is 0 Å². The zero-order valence-electron chi connectivity index (χ0n) is 6.50. The van der Waals surface area contributed by atoms with E-state index in [9.17, 15) is 4.79 Å². The molecule has 11 heavy (non-hydrogen) atoms. The van der Waals surface area contributed by atoms with Crippen LogP contribution in [0, 0.1) is 0 Å². The summed E-state index contributed by atoms with van der Waals surface area (Å²) in [5.41, 5.74) is 1.64. The molecule has 1 rings (SSSR count). The molecule has 0 aromatic heterocycles. The average Bonchev–Trinajstić information content (AvgIpc) is 2.04. The number of likely N-dealkylation sites (N-methyl/N-ethyl adjacent to an activating group) is 1. The summed E-state index contributed by atoms with van der Waals surface area (Å²) in [6.45, 7) is 2.33. The first-order chi connectivity index (χ1) is 5.25. The summed E-state index contributed by atoms with van der Waals surface area (Å²) in [6, 6.07) is -0.242. The van der Waals surface area contributed by atoms with E-state index in [0.29, 0.717) is 6.54 Å². The van der Waals surface area contributed by atoms with E-state index < -0.39 is 0 Å². The molecule has 5 nitrogen and oxygen atoms in total. The SMILES string of the molecule is CN1CCNCC1C(=O)NO. The maximum Gasteiger partial charge on any atom is 0.261 e. The highest BCUT2D eigenvalue weighted by Gasteiger charge is 2.24. The van der Waals surface area contributed by atoms with E-state index in [-0.39, 0.29) is 11.9 Å². The Bertz CT molecular complexity index is 151. The molecular weight excluding hydrogens is 146 g/mol. The van der Waals surface area contributed by atoms with Gasteiger partial charge in [-0.05, 0) is 7.05 Å². The largest absolute Gasteiger partial charge is 0.313 e. The first-order valence-electron chi connectivity index (χ1n) is 3.60. The minimum atomic E-state index is -0.347. The smallest absolute Gasteiger partial charge is 0.261 e. The summed E-state index contributed by atoms with van der Waals surface area (Å²) in [5, 5.41) is 11.4. The molecular formula is C6H13N3O2. The lowest BCUT2D eigenvalue weighted by Crippen LogP contribution is -2.55. The van der Waals surface area contributed by atoms with Crippen LogP contribution in [0.5, 0.6) is 0 Å². The Labute approximate surface area is 65.3 Å². The molecule has 0 spiro atoms. The number of amides is 1. The van der Waals surface area contributed by atoms with E-state index >= 15 is 0 Å². The number of hydrogen-bond donors (Lipinski definition) is 3. The molecule has 0 aliphatic carbocycles. The Morgan fingerprint density at radius 3 is 3.09 bits per heavy atom. The average molecular weight is 159 g/mol. The van der Waals surface area contributed by atoms with Crippen molar-refractivity contribution in [1.82, 2.24) is 15.7 Å². The number of nitrogens with zero attached hydrogens (tertiary/aromatic N) is 1. The third kappa shape index (κ3) is 1.89. The summed E-state index contributed by atoms with van der Waals surface area (Å²) >= 11 is 0. The normalized spacial score (nSPS) is 26.5. The summed E-state index contributed by atoms with van der Waals surface area (Å²) in [6.07, 6.45) is 0. The van der Waals surface area contributed by atoms with Gasteiger partial charge in [-0.25, -0.2) is 5.48 Å². The van der Waals surface area contributed by atoms with Gasteiger partial charge < -0.3 is 5.32 Å². The van der Waals surface area contributed by atoms with Gasteiger partial charge in [0.2, 0.25) is 0 Å². The second-order valence-electron chi connectivity index (χ2n) is 2.68. The van der Waals surface area contributed by atoms with Crippen LogP contribution in [0.3, 0.4) is 0 Å². The second-order valence-corrected chi connectivity index (χ2v) is 2.68. The van der Waals surface area contributed by atoms with Gasteiger partial charge in [0.05, 0.1) is 0 Å². The Kier molecular flexibility index (Phi) is 2.81. The van der Waals surface area contributed by atoms with E-state index in [0.717, 1.165) is 13.1 Å². The molecule has 1 atom stereocenters. The predicted molar refractivity (Wildman–Crippen MR) is 39.2 cm³/mol. The van der Waals surface area contributed by atoms with E-state index in [2.05, 4.69) is 5.32 Å². The van der Waals surface area contributed by atoms with Gasteiger partial charge in [-0.2, -0.15) is 0 Å². The highest BCUT2D eigenvalue weighted by molar-refractivity contribution is 5.80. The molecule has 5 heteroatoms. The number of hydrogen-bond acceptors (Lipinski definition) is 4. The quantitative estimate of drug-likeness (QED) is 0.318. The lowest BCUT2D eigenvalue weighted by Gasteiger charge is -2.30. The van der Waals surface area contributed by atoms with Gasteiger partial charge in [-0.15, -0.1) is 0 Å². The molecule has 1 aliphatic rings. The van der Waals surface area contributed by atoms with Crippen LogP contribution < -0.4 is 10.8 Å². The van der Waals surface area contributed by atoms with Crippen LogP contribution in [0.2, 0.25) is 0 Å². The zero-order valence-corrected chi connectivity index (χ0v) is 6.50. The molecule has 1 fully saturated rings. The van der Waals surface area contributed by atoms with Crippen LogP contribution >= 0.6 is 0 Å². The standard InChI is InChI=1S/C6H13N3O2/c1-9-3-2-7-4-5(9)6(10)8-11/h5,7,11H,2-4H2,1H3,(H,8,10). The Morgan fingerprint density at radius 2 is 2.55 bits per heavy atom. The first kappa shape index (κ1) is 8.45. The van der Waals surface area contributed by atoms with Crippen molar-refractivity contribution in [2.24, 2.45) is 0 Å². The molecule has 1 saturated heterocycles. The minimum absolute atomic E-state index is 0.242. The molecule has 1 aliphatic heterocycles. The van der Waals surface area contributed by atoms with Crippen molar-refractivity contribution < 1.29 is 10.0 Å². The van der Waals surface area contributed by atoms with E-state index in [4.69, 9.17) is 5.21 Å². The van der Waals surface area contributed by atoms with Crippen LogP contribution in [0.1, 0.15) is 0 Å². The van der Waals surface area contributed by atoms with E-state index in [1.165, 1.54) is 0 Å². The predicted octanol–water partition coefficient (Wildman–Crippen LogP) is -1.60. The van der Waals surface area contributed by atoms with Crippen molar-refractivity contribution in [3.8, 4) is 0 Å². The molecule has 0 aromatic carbocycles. The van der Waals surface area contributed by atoms with Gasteiger partial charge in [0.25, 0.3) is 5.91 Å². The summed E-state index contributed by atoms with van der Waals surface area (Å²) in [7, 11) is 1.86. The van der Waals surface area contributed by atoms with Gasteiger partial charge in [0, 0.05) is 19.6 Å². The molecule has 1 unspecified atom stereocenters. The summed E-state index contributed by atoms with van der Waals surface area (Å²) in [4.78, 5) is 12.8. The highest BCUT2D eigenvalue weighted by atomic mass is 16.5. The van der Waals surface area contributed by atoms with Crippen LogP contribution in [-0.2, 0) is 4.79 Å². The van der Waals surface area contributed by atoms with Crippen molar-refractivity contribution in [3.05, 3.63) is 0 Å². The fourth-order valence-electron chi connectivity index (χ4n) is 1.17. The summed E-state index contributed by atoms with van der Waals surface area (Å²) in [5.74, 6) is -0.347. The monoisotopic (exact) mass is 159 g/mol. The van der Waals surface area contributed by atoms with Crippen molar-refractivity contribution in [1.29, 1.82) is 0 Å². The fourth-order valence-corrected chi connectivity index (χ4v) is 1.17. The van der Waals surface area contributed by atoms with Gasteiger partial charge in [-0.3, -0.25) is 14.9 Å². The minimum Gasteiger partial charge on any atom is -0.313 e. The lowest BCUT2D eigenvalue weighted by molar-refractivity contribution is -0.134. The molecule has 0 saturated carbocycles.